The van der Waals surface area contributed by atoms with E-state index in [1.165, 1.54) is 32.7 Å². The number of rotatable bonds is 1. The first-order valence-corrected chi connectivity index (χ1v) is 20.8. The van der Waals surface area contributed by atoms with Crippen molar-refractivity contribution in [2.24, 2.45) is 0 Å². The molecule has 4 heteroatoms. The van der Waals surface area contributed by atoms with E-state index in [0.717, 1.165) is 12.8 Å². The summed E-state index contributed by atoms with van der Waals surface area (Å²) in [4.78, 5) is 0. The SMILES string of the molecule is CC1(C)[CH-]CC(C)(C)c2cc3c(cc21)Cc1cc2c(cc1-3)C(C)(C)CCC2(C)C.C[C](C)=[Zr+2].C[Si](C)(C)c1cc[cH-]c1.[Cl-].[Cl-]. The van der Waals surface area contributed by atoms with Crippen LogP contribution in [0.4, 0.5) is 0 Å². The number of halogens is 2. The molecule has 0 N–H and O–H groups in total. The van der Waals surface area contributed by atoms with Gasteiger partial charge in [0.1, 0.15) is 0 Å². The van der Waals surface area contributed by atoms with Crippen molar-refractivity contribution in [2.75, 3.05) is 0 Å². The van der Waals surface area contributed by atoms with Gasteiger partial charge in [-0.2, -0.15) is 24.6 Å². The molecule has 0 nitrogen and oxygen atoms in total. The second kappa shape index (κ2) is 13.8. The topological polar surface area (TPSA) is 0 Å². The van der Waals surface area contributed by atoms with Gasteiger partial charge in [0.15, 0.2) is 0 Å². The summed E-state index contributed by atoms with van der Waals surface area (Å²) >= 11 is 1.55. The Bertz CT molecular complexity index is 1380. The Morgan fingerprint density at radius 3 is 1.55 bits per heavy atom. The molecule has 6 rings (SSSR count). The van der Waals surface area contributed by atoms with Crippen LogP contribution in [0.2, 0.25) is 19.6 Å². The van der Waals surface area contributed by atoms with E-state index in [4.69, 9.17) is 0 Å². The van der Waals surface area contributed by atoms with Gasteiger partial charge in [0, 0.05) is 8.07 Å². The van der Waals surface area contributed by atoms with Gasteiger partial charge in [0.25, 0.3) is 0 Å². The zero-order valence-electron chi connectivity index (χ0n) is 29.8. The summed E-state index contributed by atoms with van der Waals surface area (Å²) in [6, 6.07) is 19.0. The Hall–Kier alpha value is -0.660. The van der Waals surface area contributed by atoms with Crippen LogP contribution >= 0.6 is 0 Å². The van der Waals surface area contributed by atoms with Crippen LogP contribution in [0.15, 0.2) is 48.5 Å². The van der Waals surface area contributed by atoms with Gasteiger partial charge in [-0.1, -0.05) is 105 Å². The average molecular weight is 727 g/mol. The zero-order chi connectivity index (χ0) is 31.5. The Labute approximate surface area is 299 Å². The standard InChI is InChI=1S/C29H37.C8H13Si.C3H6.2ClH.Zr/c1-26(2)9-11-28(5,6)24-16-20-18(14-22(24)26)13-19-15-23-25(17-21(19)20)29(7,8)12-10-27(23,3)4;1-9(2,3)8-6-4-5-7-8;1-3-2;;;/h9,14-17H,10-13H2,1-8H3;4-7H,1-3H3;1-2H3;2*1H;/q2*-1;;;;+2/p-2. The third-order valence-electron chi connectivity index (χ3n) is 10.1. The fourth-order valence-electron chi connectivity index (χ4n) is 7.00. The molecule has 0 fully saturated rings. The van der Waals surface area contributed by atoms with E-state index < -0.39 is 8.07 Å². The van der Waals surface area contributed by atoms with Crippen molar-refractivity contribution in [3.05, 3.63) is 88.3 Å². The molecule has 0 atom stereocenters. The molecule has 0 heterocycles. The van der Waals surface area contributed by atoms with E-state index in [1.54, 1.807) is 57.2 Å². The minimum Gasteiger partial charge on any atom is -1.00 e. The maximum atomic E-state index is 2.58. The Balaban J connectivity index is 0.000000380. The summed E-state index contributed by atoms with van der Waals surface area (Å²) in [5.41, 5.74) is 13.3. The number of benzene rings is 2. The molecule has 0 unspecified atom stereocenters. The number of hydrogen-bond donors (Lipinski definition) is 0. The largest absolute Gasteiger partial charge is 1.00 e. The van der Waals surface area contributed by atoms with Gasteiger partial charge in [0.05, 0.1) is 0 Å². The van der Waals surface area contributed by atoms with Gasteiger partial charge in [-0.3, -0.25) is 0 Å². The summed E-state index contributed by atoms with van der Waals surface area (Å²) in [7, 11) is -0.981. The molecule has 0 amide bonds. The minimum atomic E-state index is -0.981. The number of fused-ring (bicyclic) bond motifs is 5. The van der Waals surface area contributed by atoms with Gasteiger partial charge < -0.3 is 31.2 Å². The molecule has 0 saturated carbocycles. The fraction of sp³-hybridized carbons (Fsp3) is 0.525. The van der Waals surface area contributed by atoms with Gasteiger partial charge in [-0.15, -0.1) is 5.41 Å². The molecule has 0 spiro atoms. The van der Waals surface area contributed by atoms with Crippen LogP contribution in [0.5, 0.6) is 0 Å². The Kier molecular flexibility index (Phi) is 12.4. The Morgan fingerprint density at radius 2 is 1.14 bits per heavy atom. The third-order valence-corrected chi connectivity index (χ3v) is 12.1. The second-order valence-electron chi connectivity index (χ2n) is 17.0. The van der Waals surface area contributed by atoms with Crippen molar-refractivity contribution in [2.45, 2.75) is 136 Å². The van der Waals surface area contributed by atoms with Gasteiger partial charge in [0.2, 0.25) is 0 Å². The van der Waals surface area contributed by atoms with Crippen LogP contribution in [0.1, 0.15) is 122 Å². The fourth-order valence-corrected chi connectivity index (χ4v) is 8.19. The molecule has 0 aliphatic heterocycles. The maximum absolute atomic E-state index is 2.58. The van der Waals surface area contributed by atoms with Gasteiger partial charge in [-0.05, 0) is 74.5 Å². The van der Waals surface area contributed by atoms with Crippen LogP contribution in [0, 0.1) is 6.42 Å². The first kappa shape index (κ1) is 39.5. The third kappa shape index (κ3) is 8.24. The van der Waals surface area contributed by atoms with Crippen molar-refractivity contribution in [1.82, 2.24) is 0 Å². The summed E-state index contributed by atoms with van der Waals surface area (Å²) in [6.45, 7) is 30.7. The molecular formula is C40H56Cl2SiZr-2. The van der Waals surface area contributed by atoms with Crippen molar-refractivity contribution in [3.63, 3.8) is 0 Å². The van der Waals surface area contributed by atoms with E-state index in [1.807, 2.05) is 0 Å². The van der Waals surface area contributed by atoms with Crippen LogP contribution in [0.25, 0.3) is 11.1 Å². The monoisotopic (exact) mass is 724 g/mol. The zero-order valence-corrected chi connectivity index (χ0v) is 34.8. The summed E-state index contributed by atoms with van der Waals surface area (Å²) in [5.74, 6) is 0. The van der Waals surface area contributed by atoms with Crippen molar-refractivity contribution < 1.29 is 49.0 Å². The molecule has 3 aromatic rings. The van der Waals surface area contributed by atoms with Crippen molar-refractivity contribution >= 4 is 16.5 Å². The van der Waals surface area contributed by atoms with Gasteiger partial charge in [-0.25, -0.2) is 11.3 Å². The van der Waals surface area contributed by atoms with Gasteiger partial charge >= 0.3 is 41.3 Å². The molecule has 0 saturated heterocycles. The van der Waals surface area contributed by atoms with E-state index in [9.17, 15) is 0 Å². The van der Waals surface area contributed by atoms with E-state index in [-0.39, 0.29) is 46.5 Å². The number of hydrogen-bond acceptors (Lipinski definition) is 0. The molecular weight excluding hydrogens is 671 g/mol. The van der Waals surface area contributed by atoms with Crippen molar-refractivity contribution in [3.8, 4) is 11.1 Å². The van der Waals surface area contributed by atoms with Crippen LogP contribution < -0.4 is 30.0 Å². The smallest absolute Gasteiger partial charge is 0.00392 e. The van der Waals surface area contributed by atoms with Crippen LogP contribution in [0.3, 0.4) is 0 Å². The second-order valence-corrected chi connectivity index (χ2v) is 24.5. The predicted molar refractivity (Wildman–Crippen MR) is 186 cm³/mol. The summed E-state index contributed by atoms with van der Waals surface area (Å²) < 4.78 is 1.51. The molecule has 3 aliphatic rings. The van der Waals surface area contributed by atoms with Crippen molar-refractivity contribution in [1.29, 1.82) is 0 Å². The molecule has 240 valence electrons. The molecule has 3 aromatic carbocycles. The first-order valence-electron chi connectivity index (χ1n) is 16.1. The average Bonchev–Trinajstić information content (AvgIpc) is 3.52. The molecule has 3 aliphatic carbocycles. The first-order chi connectivity index (χ1) is 19.2. The minimum absolute atomic E-state index is 0. The molecule has 44 heavy (non-hydrogen) atoms. The van der Waals surface area contributed by atoms with Crippen LogP contribution in [-0.2, 0) is 52.3 Å². The Morgan fingerprint density at radius 1 is 0.705 bits per heavy atom. The van der Waals surface area contributed by atoms with E-state index in [2.05, 4.69) is 144 Å². The quantitative estimate of drug-likeness (QED) is 0.201. The van der Waals surface area contributed by atoms with E-state index in [0.29, 0.717) is 0 Å². The predicted octanol–water partition coefficient (Wildman–Crippen LogP) is 4.47. The summed E-state index contributed by atoms with van der Waals surface area (Å²) in [6.07, 6.45) is 7.35. The van der Waals surface area contributed by atoms with E-state index >= 15 is 0 Å². The molecule has 0 aromatic heterocycles. The molecule has 0 bridgehead atoms. The normalized spacial score (nSPS) is 19.1. The molecule has 0 radical (unpaired) electrons. The summed E-state index contributed by atoms with van der Waals surface area (Å²) in [5, 5.41) is 1.56. The van der Waals surface area contributed by atoms with Crippen LogP contribution in [-0.4, -0.2) is 11.3 Å². The maximum Gasteiger partial charge on any atom is 0.00392 e.